The summed E-state index contributed by atoms with van der Waals surface area (Å²) in [4.78, 5) is 12.7. The molecule has 0 amide bonds. The van der Waals surface area contributed by atoms with Crippen LogP contribution in [-0.2, 0) is 11.2 Å². The monoisotopic (exact) mass is 688 g/mol. The molecule has 0 aliphatic carbocycles. The van der Waals surface area contributed by atoms with Crippen molar-refractivity contribution < 1.29 is 14.3 Å². The van der Waals surface area contributed by atoms with Gasteiger partial charge in [0.05, 0.1) is 6.61 Å². The van der Waals surface area contributed by atoms with Gasteiger partial charge in [0.2, 0.25) is 0 Å². The summed E-state index contributed by atoms with van der Waals surface area (Å²) < 4.78 is 12.2. The van der Waals surface area contributed by atoms with Crippen molar-refractivity contribution in [3.63, 3.8) is 0 Å². The number of benzene rings is 4. The second-order valence-electron chi connectivity index (χ2n) is 14.9. The molecule has 3 unspecified atom stereocenters. The van der Waals surface area contributed by atoms with Gasteiger partial charge in [-0.2, -0.15) is 0 Å². The highest BCUT2D eigenvalue weighted by atomic mass is 16.5. The Balaban J connectivity index is 1.16. The second-order valence-corrected chi connectivity index (χ2v) is 14.9. The number of hydrogen-bond acceptors (Lipinski definition) is 3. The van der Waals surface area contributed by atoms with Crippen molar-refractivity contribution in [1.29, 1.82) is 0 Å². The van der Waals surface area contributed by atoms with Gasteiger partial charge in [0.1, 0.15) is 23.0 Å². The van der Waals surface area contributed by atoms with Gasteiger partial charge in [-0.1, -0.05) is 159 Å². The van der Waals surface area contributed by atoms with Crippen molar-refractivity contribution in [2.75, 3.05) is 6.61 Å². The Morgan fingerprint density at radius 2 is 0.961 bits per heavy atom. The summed E-state index contributed by atoms with van der Waals surface area (Å²) in [5, 5.41) is 0. The average molecular weight is 689 g/mol. The van der Waals surface area contributed by atoms with Crippen molar-refractivity contribution in [3.05, 3.63) is 103 Å². The molecule has 0 saturated carbocycles. The second kappa shape index (κ2) is 22.2. The fourth-order valence-electron chi connectivity index (χ4n) is 6.81. The first kappa shape index (κ1) is 39.9. The van der Waals surface area contributed by atoms with Crippen LogP contribution in [0.3, 0.4) is 0 Å². The largest absolute Gasteiger partial charge is 0.494 e. The predicted molar refractivity (Wildman–Crippen MR) is 217 cm³/mol. The van der Waals surface area contributed by atoms with E-state index in [2.05, 4.69) is 107 Å². The molecule has 0 spiro atoms. The van der Waals surface area contributed by atoms with Crippen LogP contribution in [0.25, 0.3) is 22.3 Å². The van der Waals surface area contributed by atoms with Crippen LogP contribution in [0.4, 0.5) is 0 Å². The predicted octanol–water partition coefficient (Wildman–Crippen LogP) is 14.3. The number of carbonyl (C=O) groups excluding carboxylic acids is 1. The molecule has 4 aromatic rings. The minimum Gasteiger partial charge on any atom is -0.494 e. The summed E-state index contributed by atoms with van der Waals surface area (Å²) in [6.45, 7) is 12.3. The van der Waals surface area contributed by atoms with Crippen LogP contribution in [0.15, 0.2) is 97.1 Å². The summed E-state index contributed by atoms with van der Waals surface area (Å²) in [5.41, 5.74) is 5.65. The maximum atomic E-state index is 12.7. The Morgan fingerprint density at radius 1 is 0.529 bits per heavy atom. The van der Waals surface area contributed by atoms with Crippen LogP contribution >= 0.6 is 0 Å². The molecule has 274 valence electrons. The average Bonchev–Trinajstić information content (AvgIpc) is 3.16. The maximum absolute atomic E-state index is 12.7. The molecule has 3 nitrogen and oxygen atoms in total. The van der Waals surface area contributed by atoms with Gasteiger partial charge in [-0.25, -0.2) is 0 Å². The zero-order valence-electron chi connectivity index (χ0n) is 32.3. The molecule has 0 radical (unpaired) electrons. The lowest BCUT2D eigenvalue weighted by atomic mass is 9.81. The first-order valence-corrected chi connectivity index (χ1v) is 20.1. The van der Waals surface area contributed by atoms with Crippen LogP contribution in [0.5, 0.6) is 17.2 Å². The first-order chi connectivity index (χ1) is 24.9. The molecule has 0 aromatic heterocycles. The lowest BCUT2D eigenvalue weighted by Crippen LogP contribution is -2.17. The van der Waals surface area contributed by atoms with Crippen molar-refractivity contribution in [2.45, 2.75) is 125 Å². The van der Waals surface area contributed by atoms with Gasteiger partial charge in [-0.15, -0.1) is 0 Å². The van der Waals surface area contributed by atoms with Crippen molar-refractivity contribution >= 4 is 5.78 Å². The topological polar surface area (TPSA) is 35.5 Å². The van der Waals surface area contributed by atoms with E-state index in [9.17, 15) is 4.79 Å². The Kier molecular flexibility index (Phi) is 17.4. The van der Waals surface area contributed by atoms with Crippen molar-refractivity contribution in [3.8, 4) is 39.5 Å². The SMILES string of the molecule is CCCCCCCCCCCCOc1ccc(-c2ccc(Oc3ccc(-c4ccc(CC(=O)CCC(C)C(C)C(C)CC)cc4)cc3)cc2)cc1. The molecule has 0 aliphatic heterocycles. The van der Waals surface area contributed by atoms with E-state index in [1.165, 1.54) is 64.2 Å². The normalized spacial score (nSPS) is 13.0. The number of rotatable bonds is 24. The van der Waals surface area contributed by atoms with Gasteiger partial charge >= 0.3 is 0 Å². The van der Waals surface area contributed by atoms with Gasteiger partial charge in [0.25, 0.3) is 0 Å². The van der Waals surface area contributed by atoms with Crippen LogP contribution in [-0.4, -0.2) is 12.4 Å². The van der Waals surface area contributed by atoms with Crippen LogP contribution in [0.2, 0.25) is 0 Å². The minimum absolute atomic E-state index is 0.331. The maximum Gasteiger partial charge on any atom is 0.137 e. The molecule has 51 heavy (non-hydrogen) atoms. The van der Waals surface area contributed by atoms with E-state index in [-0.39, 0.29) is 0 Å². The molecule has 0 fully saturated rings. The highest BCUT2D eigenvalue weighted by Crippen LogP contribution is 2.30. The Labute approximate surface area is 310 Å². The van der Waals surface area contributed by atoms with Gasteiger partial charge in [-0.05, 0) is 94.8 Å². The molecule has 0 N–H and O–H groups in total. The minimum atomic E-state index is 0.331. The van der Waals surface area contributed by atoms with Crippen LogP contribution in [0, 0.1) is 17.8 Å². The number of hydrogen-bond donors (Lipinski definition) is 0. The third kappa shape index (κ3) is 14.0. The quantitative estimate of drug-likeness (QED) is 0.0687. The third-order valence-electron chi connectivity index (χ3n) is 10.9. The molecule has 0 aliphatic rings. The van der Waals surface area contributed by atoms with E-state index in [0.717, 1.165) is 64.5 Å². The van der Waals surface area contributed by atoms with Crippen LogP contribution in [0.1, 0.15) is 124 Å². The third-order valence-corrected chi connectivity index (χ3v) is 10.9. The van der Waals surface area contributed by atoms with Gasteiger partial charge in [0, 0.05) is 12.8 Å². The lowest BCUT2D eigenvalue weighted by Gasteiger charge is -2.25. The number of carbonyl (C=O) groups is 1. The molecule has 3 heteroatoms. The molecule has 3 atom stereocenters. The number of ketones is 1. The smallest absolute Gasteiger partial charge is 0.137 e. The summed E-state index contributed by atoms with van der Waals surface area (Å²) in [5.74, 6) is 4.80. The molecule has 0 saturated heterocycles. The van der Waals surface area contributed by atoms with Gasteiger partial charge in [0.15, 0.2) is 0 Å². The Bertz CT molecular complexity index is 1520. The van der Waals surface area contributed by atoms with Gasteiger partial charge in [-0.3, -0.25) is 4.79 Å². The van der Waals surface area contributed by atoms with Gasteiger partial charge < -0.3 is 9.47 Å². The molecule has 0 bridgehead atoms. The van der Waals surface area contributed by atoms with E-state index < -0.39 is 0 Å². The number of unbranched alkanes of at least 4 members (excludes halogenated alkanes) is 9. The summed E-state index contributed by atoms with van der Waals surface area (Å²) in [7, 11) is 0. The number of Topliss-reactive ketones (excluding diaryl/α,β-unsaturated/α-hetero) is 1. The zero-order valence-corrected chi connectivity index (χ0v) is 32.3. The lowest BCUT2D eigenvalue weighted by molar-refractivity contribution is -0.118. The fourth-order valence-corrected chi connectivity index (χ4v) is 6.81. The van der Waals surface area contributed by atoms with E-state index in [1.807, 2.05) is 24.3 Å². The highest BCUT2D eigenvalue weighted by Gasteiger charge is 2.18. The fraction of sp³-hybridized carbons (Fsp3) is 0.479. The molecular formula is C48H64O3. The Hall–Kier alpha value is -3.85. The molecule has 4 aromatic carbocycles. The Morgan fingerprint density at radius 3 is 1.43 bits per heavy atom. The van der Waals surface area contributed by atoms with E-state index in [4.69, 9.17) is 9.47 Å². The first-order valence-electron chi connectivity index (χ1n) is 20.1. The molecule has 4 rings (SSSR count). The van der Waals surface area contributed by atoms with Crippen LogP contribution < -0.4 is 9.47 Å². The highest BCUT2D eigenvalue weighted by molar-refractivity contribution is 5.81. The summed E-state index contributed by atoms with van der Waals surface area (Å²) in [6.07, 6.45) is 16.7. The zero-order chi connectivity index (χ0) is 36.3. The van der Waals surface area contributed by atoms with Crippen molar-refractivity contribution in [1.82, 2.24) is 0 Å². The van der Waals surface area contributed by atoms with Crippen molar-refractivity contribution in [2.24, 2.45) is 17.8 Å². The molecule has 0 heterocycles. The van der Waals surface area contributed by atoms with E-state index in [1.54, 1.807) is 0 Å². The number of ether oxygens (including phenoxy) is 2. The summed E-state index contributed by atoms with van der Waals surface area (Å²) >= 11 is 0. The standard InChI is InChI=1S/C48H64O3/c1-6-8-9-10-11-12-13-14-15-16-35-50-46-29-22-42(23-30-46)44-26-33-48(34-27-44)51-47-31-24-43(25-32-47)41-20-18-40(19-21-41)36-45(49)28-17-38(4)39(5)37(3)7-2/h18-27,29-34,37-39H,6-17,28,35-36H2,1-5H3. The van der Waals surface area contributed by atoms with E-state index in [0.29, 0.717) is 36.4 Å². The summed E-state index contributed by atoms with van der Waals surface area (Å²) in [6, 6.07) is 33.2. The van der Waals surface area contributed by atoms with E-state index >= 15 is 0 Å². The molecular weight excluding hydrogens is 625 g/mol.